The van der Waals surface area contributed by atoms with Crippen LogP contribution < -0.4 is 10.2 Å². The fourth-order valence-corrected chi connectivity index (χ4v) is 4.74. The Morgan fingerprint density at radius 1 is 0.857 bits per heavy atom. The smallest absolute Gasteiger partial charge is 0.244 e. The average molecular weight is 378 g/mol. The molecule has 4 nitrogen and oxygen atoms in total. The maximum Gasteiger partial charge on any atom is 0.244 e. The lowest BCUT2D eigenvalue weighted by Crippen LogP contribution is -2.63. The van der Waals surface area contributed by atoms with E-state index in [-0.39, 0.29) is 11.4 Å². The number of para-hydroxylation sites is 1. The van der Waals surface area contributed by atoms with Gasteiger partial charge in [-0.15, -0.1) is 0 Å². The zero-order chi connectivity index (χ0) is 19.4. The fraction of sp³-hybridized carbons (Fsp3) is 0.458. The van der Waals surface area contributed by atoms with E-state index in [2.05, 4.69) is 64.5 Å². The van der Waals surface area contributed by atoms with Gasteiger partial charge >= 0.3 is 0 Å². The van der Waals surface area contributed by atoms with Crippen molar-refractivity contribution in [2.75, 3.05) is 36.4 Å². The van der Waals surface area contributed by atoms with Crippen molar-refractivity contribution in [3.63, 3.8) is 0 Å². The molecule has 0 bridgehead atoms. The van der Waals surface area contributed by atoms with Crippen LogP contribution in [-0.4, -0.2) is 42.5 Å². The molecule has 1 aliphatic carbocycles. The van der Waals surface area contributed by atoms with Crippen LogP contribution in [0.25, 0.3) is 0 Å². The number of nitrogens with one attached hydrogen (secondary N) is 1. The molecule has 0 atom stereocenters. The minimum Gasteiger partial charge on any atom is -0.369 e. The molecule has 2 aliphatic rings. The number of piperazine rings is 1. The van der Waals surface area contributed by atoms with E-state index in [9.17, 15) is 4.79 Å². The second-order valence-corrected chi connectivity index (χ2v) is 8.22. The number of rotatable bonds is 4. The quantitative estimate of drug-likeness (QED) is 0.854. The van der Waals surface area contributed by atoms with Crippen molar-refractivity contribution in [1.82, 2.24) is 4.90 Å². The standard InChI is InChI=1S/C24H31N3O/c1-20-10-12-21(13-11-20)25-23(28)24(14-6-3-7-15-24)27-18-16-26(17-19-27)22-8-4-2-5-9-22/h2,4-5,8-13H,3,6-7,14-19H2,1H3,(H,25,28). The van der Waals surface area contributed by atoms with E-state index in [1.54, 1.807) is 0 Å². The molecule has 2 aromatic carbocycles. The zero-order valence-electron chi connectivity index (χ0n) is 16.9. The van der Waals surface area contributed by atoms with Crippen LogP contribution in [0.15, 0.2) is 54.6 Å². The van der Waals surface area contributed by atoms with Gasteiger partial charge in [-0.2, -0.15) is 0 Å². The van der Waals surface area contributed by atoms with Gasteiger partial charge in [-0.3, -0.25) is 9.69 Å². The third-order valence-electron chi connectivity index (χ3n) is 6.42. The van der Waals surface area contributed by atoms with Crippen molar-refractivity contribution in [3.8, 4) is 0 Å². The van der Waals surface area contributed by atoms with Crippen molar-refractivity contribution in [3.05, 3.63) is 60.2 Å². The second-order valence-electron chi connectivity index (χ2n) is 8.22. The maximum atomic E-state index is 13.5. The Morgan fingerprint density at radius 3 is 2.14 bits per heavy atom. The highest BCUT2D eigenvalue weighted by Crippen LogP contribution is 2.36. The Bertz CT molecular complexity index is 773. The van der Waals surface area contributed by atoms with E-state index < -0.39 is 0 Å². The molecule has 2 aromatic rings. The highest BCUT2D eigenvalue weighted by atomic mass is 16.2. The molecule has 1 N–H and O–H groups in total. The number of amides is 1. The monoisotopic (exact) mass is 377 g/mol. The second kappa shape index (κ2) is 8.36. The molecule has 2 fully saturated rings. The first kappa shape index (κ1) is 19.0. The molecule has 1 saturated heterocycles. The van der Waals surface area contributed by atoms with Crippen molar-refractivity contribution < 1.29 is 4.79 Å². The summed E-state index contributed by atoms with van der Waals surface area (Å²) in [5, 5.41) is 3.23. The van der Waals surface area contributed by atoms with E-state index >= 15 is 0 Å². The Balaban J connectivity index is 1.48. The first-order chi connectivity index (χ1) is 13.7. The van der Waals surface area contributed by atoms with Gasteiger partial charge in [-0.1, -0.05) is 55.2 Å². The largest absolute Gasteiger partial charge is 0.369 e. The summed E-state index contributed by atoms with van der Waals surface area (Å²) in [6.07, 6.45) is 5.45. The summed E-state index contributed by atoms with van der Waals surface area (Å²) in [7, 11) is 0. The van der Waals surface area contributed by atoms with E-state index in [1.807, 2.05) is 12.1 Å². The molecule has 0 aromatic heterocycles. The van der Waals surface area contributed by atoms with Crippen LogP contribution in [0.1, 0.15) is 37.7 Å². The minimum atomic E-state index is -0.355. The first-order valence-corrected chi connectivity index (χ1v) is 10.6. The van der Waals surface area contributed by atoms with Gasteiger partial charge in [0, 0.05) is 37.6 Å². The number of anilines is 2. The molecule has 28 heavy (non-hydrogen) atoms. The van der Waals surface area contributed by atoms with Gasteiger partial charge in [0.25, 0.3) is 0 Å². The minimum absolute atomic E-state index is 0.184. The van der Waals surface area contributed by atoms with Crippen molar-refractivity contribution in [2.24, 2.45) is 0 Å². The summed E-state index contributed by atoms with van der Waals surface area (Å²) < 4.78 is 0. The van der Waals surface area contributed by atoms with Gasteiger partial charge in [0.15, 0.2) is 0 Å². The Kier molecular flexibility index (Phi) is 5.67. The fourth-order valence-electron chi connectivity index (χ4n) is 4.74. The van der Waals surface area contributed by atoms with E-state index in [0.717, 1.165) is 57.5 Å². The van der Waals surface area contributed by atoms with Crippen molar-refractivity contribution in [2.45, 2.75) is 44.6 Å². The molecule has 0 unspecified atom stereocenters. The SMILES string of the molecule is Cc1ccc(NC(=O)C2(N3CCN(c4ccccc4)CC3)CCCCC2)cc1. The molecule has 1 aliphatic heterocycles. The van der Waals surface area contributed by atoms with E-state index in [1.165, 1.54) is 17.7 Å². The van der Waals surface area contributed by atoms with Crippen molar-refractivity contribution in [1.29, 1.82) is 0 Å². The highest BCUT2D eigenvalue weighted by Gasteiger charge is 2.45. The predicted octanol–water partition coefficient (Wildman–Crippen LogP) is 4.46. The molecule has 148 valence electrons. The maximum absolute atomic E-state index is 13.5. The summed E-state index contributed by atoms with van der Waals surface area (Å²) in [6.45, 7) is 5.90. The van der Waals surface area contributed by atoms with Crippen LogP contribution in [0.2, 0.25) is 0 Å². The number of carbonyl (C=O) groups excluding carboxylic acids is 1. The molecule has 1 saturated carbocycles. The number of hydrogen-bond donors (Lipinski definition) is 1. The van der Waals surface area contributed by atoms with Crippen LogP contribution in [-0.2, 0) is 4.79 Å². The summed E-state index contributed by atoms with van der Waals surface area (Å²) >= 11 is 0. The lowest BCUT2D eigenvalue weighted by atomic mass is 9.79. The summed E-state index contributed by atoms with van der Waals surface area (Å²) in [5.74, 6) is 0.184. The number of hydrogen-bond acceptors (Lipinski definition) is 3. The molecule has 1 heterocycles. The summed E-state index contributed by atoms with van der Waals surface area (Å²) in [5.41, 5.74) is 3.04. The van der Waals surface area contributed by atoms with Crippen LogP contribution in [0.5, 0.6) is 0 Å². The average Bonchev–Trinajstić information content (AvgIpc) is 2.76. The number of aryl methyl sites for hydroxylation is 1. The number of nitrogens with zero attached hydrogens (tertiary/aromatic N) is 2. The van der Waals surface area contributed by atoms with Gasteiger partial charge in [0.2, 0.25) is 5.91 Å². The van der Waals surface area contributed by atoms with Gasteiger partial charge in [-0.05, 0) is 44.0 Å². The molecule has 0 spiro atoms. The Morgan fingerprint density at radius 2 is 1.50 bits per heavy atom. The molecule has 4 heteroatoms. The Labute approximate surface area is 168 Å². The predicted molar refractivity (Wildman–Crippen MR) is 116 cm³/mol. The third kappa shape index (κ3) is 3.93. The molecular weight excluding hydrogens is 346 g/mol. The van der Waals surface area contributed by atoms with E-state index in [4.69, 9.17) is 0 Å². The van der Waals surface area contributed by atoms with Gasteiger partial charge in [0.1, 0.15) is 5.54 Å². The van der Waals surface area contributed by atoms with Crippen molar-refractivity contribution >= 4 is 17.3 Å². The van der Waals surface area contributed by atoms with Gasteiger partial charge in [-0.25, -0.2) is 0 Å². The summed E-state index contributed by atoms with van der Waals surface area (Å²) in [4.78, 5) is 18.4. The number of carbonyl (C=O) groups is 1. The summed E-state index contributed by atoms with van der Waals surface area (Å²) in [6, 6.07) is 18.7. The van der Waals surface area contributed by atoms with Gasteiger partial charge in [0.05, 0.1) is 0 Å². The lowest BCUT2D eigenvalue weighted by Gasteiger charge is -2.48. The molecule has 4 rings (SSSR count). The van der Waals surface area contributed by atoms with Crippen LogP contribution >= 0.6 is 0 Å². The van der Waals surface area contributed by atoms with E-state index in [0.29, 0.717) is 0 Å². The van der Waals surface area contributed by atoms with Crippen LogP contribution in [0, 0.1) is 6.92 Å². The topological polar surface area (TPSA) is 35.6 Å². The lowest BCUT2D eigenvalue weighted by molar-refractivity contribution is -0.131. The normalized spacial score (nSPS) is 20.0. The first-order valence-electron chi connectivity index (χ1n) is 10.6. The third-order valence-corrected chi connectivity index (χ3v) is 6.42. The molecule has 1 amide bonds. The van der Waals surface area contributed by atoms with Crippen LogP contribution in [0.4, 0.5) is 11.4 Å². The zero-order valence-corrected chi connectivity index (χ0v) is 16.9. The highest BCUT2D eigenvalue weighted by molar-refractivity contribution is 5.98. The molecular formula is C24H31N3O. The van der Waals surface area contributed by atoms with Crippen LogP contribution in [0.3, 0.4) is 0 Å². The molecule has 0 radical (unpaired) electrons. The number of benzene rings is 2. The van der Waals surface area contributed by atoms with Gasteiger partial charge < -0.3 is 10.2 Å². The Hall–Kier alpha value is -2.33.